The topological polar surface area (TPSA) is 12.5 Å². The summed E-state index contributed by atoms with van der Waals surface area (Å²) in [7, 11) is 0. The van der Waals surface area contributed by atoms with Gasteiger partial charge in [0.2, 0.25) is 0 Å². The summed E-state index contributed by atoms with van der Waals surface area (Å²) in [6.07, 6.45) is 5.74. The quantitative estimate of drug-likeness (QED) is 0.328. The van der Waals surface area contributed by atoms with Crippen molar-refractivity contribution in [3.63, 3.8) is 0 Å². The number of ether oxygens (including phenoxy) is 1. The van der Waals surface area contributed by atoms with Gasteiger partial charge in [0.05, 0.1) is 5.70 Å². The van der Waals surface area contributed by atoms with Gasteiger partial charge in [0.25, 0.3) is 0 Å². The van der Waals surface area contributed by atoms with Gasteiger partial charge >= 0.3 is 0 Å². The second kappa shape index (κ2) is 8.76. The Hall–Kier alpha value is -0.970. The van der Waals surface area contributed by atoms with Crippen LogP contribution >= 0.6 is 22.6 Å². The molecule has 126 valence electrons. The highest BCUT2D eigenvalue weighted by atomic mass is 127. The molecule has 0 amide bonds. The zero-order chi connectivity index (χ0) is 16.8. The number of hydrogen-bond acceptors (Lipinski definition) is 2. The lowest BCUT2D eigenvalue weighted by atomic mass is 9.98. The van der Waals surface area contributed by atoms with E-state index in [-0.39, 0.29) is 0 Å². The zero-order valence-corrected chi connectivity index (χ0v) is 16.7. The molecule has 1 aromatic carbocycles. The van der Waals surface area contributed by atoms with Gasteiger partial charge in [-0.25, -0.2) is 0 Å². The lowest BCUT2D eigenvalue weighted by Gasteiger charge is -2.39. The fourth-order valence-electron chi connectivity index (χ4n) is 3.22. The molecule has 0 aromatic heterocycles. The first-order valence-electron chi connectivity index (χ1n) is 8.54. The SMILES string of the molecule is C=CC(OCc1ccccc1I)=C(C(C)C)N1CCCC[C@H]1C. The molecule has 1 aromatic rings. The average Bonchev–Trinajstić information content (AvgIpc) is 2.53. The molecule has 1 saturated heterocycles. The number of likely N-dealkylation sites (tertiary alicyclic amines) is 1. The van der Waals surface area contributed by atoms with E-state index >= 15 is 0 Å². The Labute approximate surface area is 154 Å². The number of benzene rings is 1. The number of piperidine rings is 1. The summed E-state index contributed by atoms with van der Waals surface area (Å²) in [5.41, 5.74) is 2.53. The molecule has 0 spiro atoms. The van der Waals surface area contributed by atoms with Crippen LogP contribution in [0, 0.1) is 9.49 Å². The van der Waals surface area contributed by atoms with Crippen LogP contribution in [-0.4, -0.2) is 17.5 Å². The lowest BCUT2D eigenvalue weighted by molar-refractivity contribution is 0.152. The molecule has 1 heterocycles. The van der Waals surface area contributed by atoms with Crippen molar-refractivity contribution in [3.8, 4) is 0 Å². The Morgan fingerprint density at radius 1 is 1.39 bits per heavy atom. The molecule has 1 aliphatic heterocycles. The number of rotatable bonds is 6. The number of nitrogens with zero attached hydrogens (tertiary/aromatic N) is 1. The maximum Gasteiger partial charge on any atom is 0.138 e. The van der Waals surface area contributed by atoms with Crippen molar-refractivity contribution in [2.45, 2.75) is 52.7 Å². The van der Waals surface area contributed by atoms with Crippen molar-refractivity contribution in [2.75, 3.05) is 6.54 Å². The third kappa shape index (κ3) is 4.75. The number of allylic oxidation sites excluding steroid dienone is 2. The maximum atomic E-state index is 6.20. The second-order valence-corrected chi connectivity index (χ2v) is 7.69. The van der Waals surface area contributed by atoms with Crippen molar-refractivity contribution in [1.29, 1.82) is 0 Å². The number of halogens is 1. The summed E-state index contributed by atoms with van der Waals surface area (Å²) >= 11 is 2.36. The first-order valence-corrected chi connectivity index (χ1v) is 9.62. The predicted octanol–water partition coefficient (Wildman–Crippen LogP) is 5.74. The van der Waals surface area contributed by atoms with Crippen molar-refractivity contribution in [2.24, 2.45) is 5.92 Å². The summed E-state index contributed by atoms with van der Waals surface area (Å²) in [6.45, 7) is 12.5. The molecule has 0 saturated carbocycles. The summed E-state index contributed by atoms with van der Waals surface area (Å²) in [5.74, 6) is 1.37. The van der Waals surface area contributed by atoms with Crippen LogP contribution in [0.2, 0.25) is 0 Å². The van der Waals surface area contributed by atoms with Crippen LogP contribution in [-0.2, 0) is 11.3 Å². The maximum absolute atomic E-state index is 6.20. The molecule has 0 aliphatic carbocycles. The van der Waals surface area contributed by atoms with Crippen LogP contribution in [0.3, 0.4) is 0 Å². The molecule has 0 N–H and O–H groups in total. The van der Waals surface area contributed by atoms with E-state index in [2.05, 4.69) is 79.1 Å². The van der Waals surface area contributed by atoms with E-state index in [0.29, 0.717) is 18.6 Å². The zero-order valence-electron chi connectivity index (χ0n) is 14.5. The van der Waals surface area contributed by atoms with Gasteiger partial charge in [-0.3, -0.25) is 0 Å². The molecule has 1 atom stereocenters. The van der Waals surface area contributed by atoms with Gasteiger partial charge in [-0.15, -0.1) is 0 Å². The highest BCUT2D eigenvalue weighted by Gasteiger charge is 2.25. The van der Waals surface area contributed by atoms with E-state index < -0.39 is 0 Å². The molecule has 0 bridgehead atoms. The molecule has 23 heavy (non-hydrogen) atoms. The summed E-state index contributed by atoms with van der Waals surface area (Å²) in [4.78, 5) is 2.53. The molecular formula is C20H28INO. The Morgan fingerprint density at radius 2 is 2.13 bits per heavy atom. The van der Waals surface area contributed by atoms with Crippen LogP contribution in [0.5, 0.6) is 0 Å². The van der Waals surface area contributed by atoms with Gasteiger partial charge < -0.3 is 9.64 Å². The van der Waals surface area contributed by atoms with E-state index in [0.717, 1.165) is 12.3 Å². The largest absolute Gasteiger partial charge is 0.487 e. The fraction of sp³-hybridized carbons (Fsp3) is 0.500. The summed E-state index contributed by atoms with van der Waals surface area (Å²) < 4.78 is 7.44. The first kappa shape index (κ1) is 18.4. The van der Waals surface area contributed by atoms with Gasteiger partial charge in [0.1, 0.15) is 12.4 Å². The summed E-state index contributed by atoms with van der Waals surface area (Å²) in [5, 5.41) is 0. The highest BCUT2D eigenvalue weighted by molar-refractivity contribution is 14.1. The highest BCUT2D eigenvalue weighted by Crippen LogP contribution is 2.29. The first-order chi connectivity index (χ1) is 11.0. The van der Waals surface area contributed by atoms with Gasteiger partial charge in [-0.1, -0.05) is 38.6 Å². The van der Waals surface area contributed by atoms with Gasteiger partial charge in [-0.05, 0) is 66.8 Å². The van der Waals surface area contributed by atoms with Crippen LogP contribution in [0.4, 0.5) is 0 Å². The van der Waals surface area contributed by atoms with Crippen LogP contribution in [0.15, 0.2) is 48.4 Å². The second-order valence-electron chi connectivity index (χ2n) is 6.53. The molecule has 1 fully saturated rings. The minimum atomic E-state index is 0.429. The molecule has 2 nitrogen and oxygen atoms in total. The van der Waals surface area contributed by atoms with E-state index in [1.807, 2.05) is 6.08 Å². The van der Waals surface area contributed by atoms with Crippen molar-refractivity contribution < 1.29 is 4.74 Å². The van der Waals surface area contributed by atoms with E-state index in [9.17, 15) is 0 Å². The van der Waals surface area contributed by atoms with Crippen molar-refractivity contribution in [1.82, 2.24) is 4.90 Å². The molecule has 2 rings (SSSR count). The third-order valence-corrected chi connectivity index (χ3v) is 5.49. The van der Waals surface area contributed by atoms with Gasteiger partial charge in [0, 0.05) is 21.7 Å². The van der Waals surface area contributed by atoms with Gasteiger partial charge in [-0.2, -0.15) is 0 Å². The van der Waals surface area contributed by atoms with Crippen molar-refractivity contribution in [3.05, 3.63) is 57.5 Å². The average molecular weight is 425 g/mol. The minimum Gasteiger partial charge on any atom is -0.487 e. The monoisotopic (exact) mass is 425 g/mol. The van der Waals surface area contributed by atoms with E-state index in [4.69, 9.17) is 4.74 Å². The molecule has 0 radical (unpaired) electrons. The Kier molecular flexibility index (Phi) is 7.00. The van der Waals surface area contributed by atoms with Gasteiger partial charge in [0.15, 0.2) is 0 Å². The van der Waals surface area contributed by atoms with Crippen LogP contribution in [0.25, 0.3) is 0 Å². The molecule has 3 heteroatoms. The molecule has 1 aliphatic rings. The summed E-state index contributed by atoms with van der Waals surface area (Å²) in [6, 6.07) is 8.95. The predicted molar refractivity (Wildman–Crippen MR) is 106 cm³/mol. The van der Waals surface area contributed by atoms with Crippen LogP contribution in [0.1, 0.15) is 45.6 Å². The molecular weight excluding hydrogens is 397 g/mol. The fourth-order valence-corrected chi connectivity index (χ4v) is 3.77. The van der Waals surface area contributed by atoms with Crippen LogP contribution < -0.4 is 0 Å². The Morgan fingerprint density at radius 3 is 2.74 bits per heavy atom. The smallest absolute Gasteiger partial charge is 0.138 e. The third-order valence-electron chi connectivity index (χ3n) is 4.44. The lowest BCUT2D eigenvalue weighted by Crippen LogP contribution is -2.39. The molecule has 0 unspecified atom stereocenters. The Balaban J connectivity index is 2.23. The number of hydrogen-bond donors (Lipinski definition) is 0. The standard InChI is InChI=1S/C20H28INO/c1-5-19(23-14-17-11-6-7-12-18(17)21)20(15(2)3)22-13-9-8-10-16(22)4/h5-7,11-12,15-16H,1,8-10,13-14H2,2-4H3/t16-/m1/s1. The minimum absolute atomic E-state index is 0.429. The van der Waals surface area contributed by atoms with E-state index in [1.165, 1.54) is 34.1 Å². The Bertz CT molecular complexity index is 565. The van der Waals surface area contributed by atoms with E-state index in [1.54, 1.807) is 0 Å². The van der Waals surface area contributed by atoms with Crippen molar-refractivity contribution >= 4 is 22.6 Å². The normalized spacial score (nSPS) is 19.5.